The van der Waals surface area contributed by atoms with Crippen LogP contribution in [0.2, 0.25) is 0 Å². The number of para-hydroxylation sites is 2. The molecule has 120 valence electrons. The van der Waals surface area contributed by atoms with E-state index in [9.17, 15) is 9.59 Å². The average molecular weight is 329 g/mol. The third-order valence-corrected chi connectivity index (χ3v) is 4.76. The third kappa shape index (κ3) is 1.69. The predicted octanol–water partition coefficient (Wildman–Crippen LogP) is 2.44. The van der Waals surface area contributed by atoms with Crippen LogP contribution in [0.15, 0.2) is 54.7 Å². The topological polar surface area (TPSA) is 63.0 Å². The van der Waals surface area contributed by atoms with E-state index in [0.29, 0.717) is 27.8 Å². The summed E-state index contributed by atoms with van der Waals surface area (Å²) in [7, 11) is 1.53. The zero-order chi connectivity index (χ0) is 17.1. The van der Waals surface area contributed by atoms with Crippen LogP contribution in [0.25, 0.3) is 21.8 Å². The molecular weight excluding hydrogens is 316 g/mol. The van der Waals surface area contributed by atoms with Crippen LogP contribution >= 0.6 is 0 Å². The molecule has 0 bridgehead atoms. The molecule has 5 nitrogen and oxygen atoms in total. The molecule has 1 aliphatic carbocycles. The molecule has 2 aromatic heterocycles. The molecule has 0 spiro atoms. The Balaban J connectivity index is 1.93. The standard InChI is InChI=1S/C20H12N2O3/c1-25-22-10-13-16(12-7-3-5-9-15(12)22)20(24)18-17(19(13)23)11-6-2-4-8-14(11)21-18/h2-10H,1H3/p+1. The highest BCUT2D eigenvalue weighted by Crippen LogP contribution is 2.34. The molecule has 0 saturated carbocycles. The van der Waals surface area contributed by atoms with Gasteiger partial charge in [0.1, 0.15) is 12.7 Å². The van der Waals surface area contributed by atoms with Crippen LogP contribution in [0.4, 0.5) is 0 Å². The van der Waals surface area contributed by atoms with E-state index in [1.54, 1.807) is 6.20 Å². The molecular formula is C20H13N2O3+. The van der Waals surface area contributed by atoms with Gasteiger partial charge in [-0.2, -0.15) is 0 Å². The molecule has 5 rings (SSSR count). The van der Waals surface area contributed by atoms with Crippen LogP contribution in [-0.4, -0.2) is 23.7 Å². The minimum Gasteiger partial charge on any atom is -0.351 e. The van der Waals surface area contributed by atoms with Crippen LogP contribution in [-0.2, 0) is 0 Å². The number of carbonyl (C=O) groups is 2. The van der Waals surface area contributed by atoms with Gasteiger partial charge in [-0.15, -0.1) is 0 Å². The first-order valence-electron chi connectivity index (χ1n) is 7.92. The van der Waals surface area contributed by atoms with Crippen molar-refractivity contribution in [3.05, 3.63) is 77.1 Å². The van der Waals surface area contributed by atoms with Crippen LogP contribution in [0, 0.1) is 0 Å². The molecule has 0 fully saturated rings. The van der Waals surface area contributed by atoms with Crippen molar-refractivity contribution in [2.24, 2.45) is 0 Å². The van der Waals surface area contributed by atoms with E-state index >= 15 is 0 Å². The Hall–Kier alpha value is -3.47. The van der Waals surface area contributed by atoms with Crippen molar-refractivity contribution in [3.63, 3.8) is 0 Å². The number of benzene rings is 2. The van der Waals surface area contributed by atoms with Crippen LogP contribution < -0.4 is 9.57 Å². The summed E-state index contributed by atoms with van der Waals surface area (Å²) < 4.78 is 1.53. The number of fused-ring (bicyclic) bond motifs is 6. The zero-order valence-corrected chi connectivity index (χ0v) is 13.4. The summed E-state index contributed by atoms with van der Waals surface area (Å²) in [6, 6.07) is 14.9. The molecule has 2 aromatic carbocycles. The minimum absolute atomic E-state index is 0.166. The molecule has 0 saturated heterocycles. The maximum atomic E-state index is 13.2. The quantitative estimate of drug-likeness (QED) is 0.481. The maximum Gasteiger partial charge on any atom is 0.265 e. The van der Waals surface area contributed by atoms with Crippen LogP contribution in [0.3, 0.4) is 0 Å². The molecule has 1 aliphatic rings. The van der Waals surface area contributed by atoms with Gasteiger partial charge >= 0.3 is 0 Å². The van der Waals surface area contributed by atoms with Crippen molar-refractivity contribution >= 4 is 33.4 Å². The van der Waals surface area contributed by atoms with Gasteiger partial charge in [0.05, 0.1) is 22.2 Å². The number of nitrogens with one attached hydrogen (secondary N) is 1. The lowest BCUT2D eigenvalue weighted by Gasteiger charge is -2.14. The first-order valence-corrected chi connectivity index (χ1v) is 7.92. The van der Waals surface area contributed by atoms with Gasteiger partial charge in [0.15, 0.2) is 0 Å². The number of rotatable bonds is 1. The molecule has 0 amide bonds. The molecule has 0 aliphatic heterocycles. The Morgan fingerprint density at radius 2 is 1.60 bits per heavy atom. The van der Waals surface area contributed by atoms with Gasteiger partial charge in [-0.25, -0.2) is 0 Å². The summed E-state index contributed by atoms with van der Waals surface area (Å²) in [5.74, 6) is -0.334. The largest absolute Gasteiger partial charge is 0.351 e. The average Bonchev–Trinajstić information content (AvgIpc) is 3.05. The number of aromatic amines is 1. The number of aromatic nitrogens is 2. The van der Waals surface area contributed by atoms with E-state index in [2.05, 4.69) is 4.98 Å². The monoisotopic (exact) mass is 329 g/mol. The number of pyridine rings is 1. The number of hydrogen-bond acceptors (Lipinski definition) is 3. The smallest absolute Gasteiger partial charge is 0.265 e. The summed E-state index contributed by atoms with van der Waals surface area (Å²) in [5, 5.41) is 1.46. The van der Waals surface area contributed by atoms with Crippen molar-refractivity contribution in [1.29, 1.82) is 0 Å². The molecule has 25 heavy (non-hydrogen) atoms. The van der Waals surface area contributed by atoms with Crippen molar-refractivity contribution in [2.75, 3.05) is 7.11 Å². The highest BCUT2D eigenvalue weighted by molar-refractivity contribution is 6.34. The van der Waals surface area contributed by atoms with Crippen molar-refractivity contribution in [1.82, 2.24) is 4.98 Å². The third-order valence-electron chi connectivity index (χ3n) is 4.76. The van der Waals surface area contributed by atoms with E-state index in [1.807, 2.05) is 48.5 Å². The normalized spacial score (nSPS) is 13.2. The van der Waals surface area contributed by atoms with E-state index in [0.717, 1.165) is 16.4 Å². The lowest BCUT2D eigenvalue weighted by molar-refractivity contribution is -0.865. The predicted molar refractivity (Wildman–Crippen MR) is 91.8 cm³/mol. The summed E-state index contributed by atoms with van der Waals surface area (Å²) >= 11 is 0. The van der Waals surface area contributed by atoms with E-state index in [4.69, 9.17) is 4.84 Å². The lowest BCUT2D eigenvalue weighted by atomic mass is 9.86. The number of carbonyl (C=O) groups excluding carboxylic acids is 2. The Bertz CT molecular complexity index is 1220. The van der Waals surface area contributed by atoms with E-state index < -0.39 is 0 Å². The molecule has 5 heteroatoms. The Morgan fingerprint density at radius 3 is 2.40 bits per heavy atom. The first kappa shape index (κ1) is 13.9. The maximum absolute atomic E-state index is 13.2. The fraction of sp³-hybridized carbons (Fsp3) is 0.0500. The number of H-pyrrole nitrogens is 1. The van der Waals surface area contributed by atoms with Crippen molar-refractivity contribution in [3.8, 4) is 0 Å². The Labute approximate surface area is 142 Å². The minimum atomic E-state index is -0.168. The fourth-order valence-electron chi connectivity index (χ4n) is 3.65. The summed E-state index contributed by atoms with van der Waals surface area (Å²) in [6.45, 7) is 0. The van der Waals surface area contributed by atoms with Gasteiger partial charge in [0.2, 0.25) is 17.8 Å². The second kappa shape index (κ2) is 4.77. The number of ketones is 2. The summed E-state index contributed by atoms with van der Waals surface area (Å²) in [5.41, 5.74) is 3.11. The molecule has 4 aromatic rings. The van der Waals surface area contributed by atoms with Gasteiger partial charge in [-0.3, -0.25) is 14.4 Å². The molecule has 0 unspecified atom stereocenters. The zero-order valence-electron chi connectivity index (χ0n) is 13.4. The van der Waals surface area contributed by atoms with Gasteiger partial charge in [-0.1, -0.05) is 30.3 Å². The van der Waals surface area contributed by atoms with Crippen LogP contribution in [0.1, 0.15) is 32.0 Å². The van der Waals surface area contributed by atoms with Gasteiger partial charge in [0, 0.05) is 21.7 Å². The number of nitrogens with zero attached hydrogens (tertiary/aromatic N) is 1. The Kier molecular flexibility index (Phi) is 2.65. The van der Waals surface area contributed by atoms with Gasteiger partial charge < -0.3 is 4.98 Å². The Morgan fingerprint density at radius 1 is 0.880 bits per heavy atom. The first-order chi connectivity index (χ1) is 12.2. The fourth-order valence-corrected chi connectivity index (χ4v) is 3.65. The van der Waals surface area contributed by atoms with Crippen molar-refractivity contribution in [2.45, 2.75) is 0 Å². The lowest BCUT2D eigenvalue weighted by Crippen LogP contribution is -2.43. The molecule has 0 atom stereocenters. The second-order valence-electron chi connectivity index (χ2n) is 6.02. The van der Waals surface area contributed by atoms with E-state index in [1.165, 1.54) is 11.8 Å². The highest BCUT2D eigenvalue weighted by Gasteiger charge is 2.37. The van der Waals surface area contributed by atoms with Gasteiger partial charge in [-0.05, 0) is 12.1 Å². The van der Waals surface area contributed by atoms with E-state index in [-0.39, 0.29) is 11.6 Å². The SMILES string of the molecule is CO[n+]1cc2c(c3ccccc31)C(=O)c1[nH]c3ccccc3c1C2=O. The number of hydrogen-bond donors (Lipinski definition) is 1. The summed E-state index contributed by atoms with van der Waals surface area (Å²) in [6.07, 6.45) is 1.60. The van der Waals surface area contributed by atoms with Crippen LogP contribution in [0.5, 0.6) is 0 Å². The van der Waals surface area contributed by atoms with Gasteiger partial charge in [0.25, 0.3) is 5.52 Å². The summed E-state index contributed by atoms with van der Waals surface area (Å²) in [4.78, 5) is 34.9. The van der Waals surface area contributed by atoms with Crippen molar-refractivity contribution < 1.29 is 19.2 Å². The molecule has 1 N–H and O–H groups in total. The molecule has 0 radical (unpaired) electrons. The second-order valence-corrected chi connectivity index (χ2v) is 6.02. The highest BCUT2D eigenvalue weighted by atomic mass is 16.6. The molecule has 2 heterocycles.